The van der Waals surface area contributed by atoms with E-state index < -0.39 is 11.6 Å². The van der Waals surface area contributed by atoms with Gasteiger partial charge in [-0.1, -0.05) is 43.3 Å². The predicted molar refractivity (Wildman–Crippen MR) is 130 cm³/mol. The number of hydrogen-bond acceptors (Lipinski definition) is 4. The van der Waals surface area contributed by atoms with Gasteiger partial charge in [-0.2, -0.15) is 0 Å². The Kier molecular flexibility index (Phi) is 8.14. The van der Waals surface area contributed by atoms with Crippen LogP contribution in [-0.2, 0) is 19.4 Å². The lowest BCUT2D eigenvalue weighted by Crippen LogP contribution is -2.47. The highest BCUT2D eigenvalue weighted by Gasteiger charge is 2.31. The summed E-state index contributed by atoms with van der Waals surface area (Å²) in [6.45, 7) is 3.95. The third-order valence-electron chi connectivity index (χ3n) is 6.32. The van der Waals surface area contributed by atoms with Gasteiger partial charge in [-0.05, 0) is 53.8 Å². The number of aryl methyl sites for hydroxylation is 1. The van der Waals surface area contributed by atoms with Crippen molar-refractivity contribution in [2.75, 3.05) is 13.2 Å². The fourth-order valence-electron chi connectivity index (χ4n) is 4.53. The molecular weight excluding hydrogens is 434 g/mol. The Morgan fingerprint density at radius 2 is 1.68 bits per heavy atom. The minimum absolute atomic E-state index is 0.101. The van der Waals surface area contributed by atoms with Crippen molar-refractivity contribution < 1.29 is 18.3 Å². The van der Waals surface area contributed by atoms with E-state index in [-0.39, 0.29) is 18.1 Å². The summed E-state index contributed by atoms with van der Waals surface area (Å²) in [6, 6.07) is 19.3. The molecule has 0 saturated heterocycles. The zero-order valence-corrected chi connectivity index (χ0v) is 19.5. The molecule has 0 bridgehead atoms. The number of hydrogen-bond donors (Lipinski definition) is 2. The second kappa shape index (κ2) is 11.4. The lowest BCUT2D eigenvalue weighted by Gasteiger charge is -2.31. The van der Waals surface area contributed by atoms with E-state index in [2.05, 4.69) is 36.5 Å². The normalized spacial score (nSPS) is 17.1. The molecule has 3 aromatic rings. The van der Waals surface area contributed by atoms with Gasteiger partial charge in [-0.15, -0.1) is 0 Å². The Morgan fingerprint density at radius 3 is 2.44 bits per heavy atom. The van der Waals surface area contributed by atoms with Gasteiger partial charge in [-0.3, -0.25) is 0 Å². The van der Waals surface area contributed by atoms with Crippen LogP contribution in [0.15, 0.2) is 66.7 Å². The first-order valence-electron chi connectivity index (χ1n) is 11.9. The summed E-state index contributed by atoms with van der Waals surface area (Å²) >= 11 is 0. The minimum atomic E-state index is -0.597. The molecule has 1 aliphatic rings. The zero-order valence-electron chi connectivity index (χ0n) is 19.5. The highest BCUT2D eigenvalue weighted by molar-refractivity contribution is 5.40. The number of rotatable bonds is 9. The minimum Gasteiger partial charge on any atom is -0.490 e. The molecule has 4 rings (SSSR count). The van der Waals surface area contributed by atoms with Gasteiger partial charge in [0.1, 0.15) is 17.7 Å². The van der Waals surface area contributed by atoms with E-state index in [1.165, 1.54) is 23.3 Å². The first-order chi connectivity index (χ1) is 16.5. The van der Waals surface area contributed by atoms with Crippen LogP contribution >= 0.6 is 0 Å². The van der Waals surface area contributed by atoms with Gasteiger partial charge in [0.05, 0.1) is 6.61 Å². The molecule has 0 amide bonds. The zero-order chi connectivity index (χ0) is 23.9. The van der Waals surface area contributed by atoms with Crippen molar-refractivity contribution in [3.05, 3.63) is 95.1 Å². The molecule has 0 aromatic heterocycles. The van der Waals surface area contributed by atoms with E-state index in [1.54, 1.807) is 0 Å². The largest absolute Gasteiger partial charge is 0.490 e. The predicted octanol–water partition coefficient (Wildman–Crippen LogP) is 5.03. The summed E-state index contributed by atoms with van der Waals surface area (Å²) in [5.74, 6) is 0.111. The number of nitrogens with one attached hydrogen (secondary N) is 1. The van der Waals surface area contributed by atoms with E-state index in [0.29, 0.717) is 49.6 Å². The fraction of sp³-hybridized carbons (Fsp3) is 0.357. The van der Waals surface area contributed by atoms with Crippen molar-refractivity contribution in [2.45, 2.75) is 44.9 Å². The van der Waals surface area contributed by atoms with Crippen LogP contribution in [0.1, 0.15) is 30.0 Å². The van der Waals surface area contributed by atoms with E-state index in [4.69, 9.17) is 15.2 Å². The molecule has 0 fully saturated rings. The van der Waals surface area contributed by atoms with E-state index in [0.717, 1.165) is 12.5 Å². The van der Waals surface area contributed by atoms with Crippen LogP contribution in [0.25, 0.3) is 0 Å². The molecule has 1 heterocycles. The van der Waals surface area contributed by atoms with Crippen LogP contribution in [0.2, 0.25) is 0 Å². The van der Waals surface area contributed by atoms with Crippen LogP contribution < -0.4 is 20.5 Å². The molecule has 3 atom stereocenters. The van der Waals surface area contributed by atoms with E-state index in [9.17, 15) is 8.78 Å². The second-order valence-electron chi connectivity index (χ2n) is 8.85. The van der Waals surface area contributed by atoms with Gasteiger partial charge in [0.15, 0.2) is 11.5 Å². The number of halogens is 2. The monoisotopic (exact) mass is 466 g/mol. The third-order valence-corrected chi connectivity index (χ3v) is 6.32. The molecule has 6 heteroatoms. The average Bonchev–Trinajstić information content (AvgIpc) is 3.03. The number of nitrogens with two attached hydrogens (primary N) is 1. The van der Waals surface area contributed by atoms with Crippen molar-refractivity contribution in [3.63, 3.8) is 0 Å². The summed E-state index contributed by atoms with van der Waals surface area (Å²) < 4.78 is 39.8. The van der Waals surface area contributed by atoms with E-state index in [1.807, 2.05) is 24.3 Å². The highest BCUT2D eigenvalue weighted by atomic mass is 19.1. The molecule has 4 nitrogen and oxygen atoms in total. The molecule has 3 N–H and O–H groups in total. The molecular formula is C28H32F2N2O2. The average molecular weight is 467 g/mol. The van der Waals surface area contributed by atoms with Crippen molar-refractivity contribution in [1.82, 2.24) is 5.32 Å². The number of benzene rings is 3. The van der Waals surface area contributed by atoms with E-state index >= 15 is 0 Å². The van der Waals surface area contributed by atoms with Gasteiger partial charge in [0.25, 0.3) is 0 Å². The first kappa shape index (κ1) is 24.2. The fourth-order valence-corrected chi connectivity index (χ4v) is 4.53. The summed E-state index contributed by atoms with van der Waals surface area (Å²) in [5, 5.41) is 3.54. The lowest BCUT2D eigenvalue weighted by molar-refractivity contribution is 0.107. The molecule has 1 aliphatic heterocycles. The van der Waals surface area contributed by atoms with Crippen LogP contribution in [0, 0.1) is 17.6 Å². The number of para-hydroxylation sites is 2. The molecule has 34 heavy (non-hydrogen) atoms. The topological polar surface area (TPSA) is 56.5 Å². The molecule has 0 aliphatic carbocycles. The van der Waals surface area contributed by atoms with Crippen molar-refractivity contribution in [3.8, 4) is 11.5 Å². The molecule has 0 radical (unpaired) electrons. The Balaban J connectivity index is 1.51. The Morgan fingerprint density at radius 1 is 0.941 bits per heavy atom. The smallest absolute Gasteiger partial charge is 0.161 e. The Labute approximate surface area is 200 Å². The maximum atomic E-state index is 13.8. The number of fused-ring (bicyclic) bond motifs is 1. The lowest BCUT2D eigenvalue weighted by atomic mass is 9.87. The summed E-state index contributed by atoms with van der Waals surface area (Å²) in [5.41, 5.74) is 9.71. The van der Waals surface area contributed by atoms with Crippen LogP contribution in [-0.4, -0.2) is 25.3 Å². The molecule has 0 saturated carbocycles. The first-order valence-corrected chi connectivity index (χ1v) is 11.9. The molecule has 180 valence electrons. The summed E-state index contributed by atoms with van der Waals surface area (Å²) in [7, 11) is 0. The highest BCUT2D eigenvalue weighted by Crippen LogP contribution is 2.33. The van der Waals surface area contributed by atoms with Gasteiger partial charge in [0.2, 0.25) is 0 Å². The van der Waals surface area contributed by atoms with Crippen LogP contribution in [0.3, 0.4) is 0 Å². The van der Waals surface area contributed by atoms with Crippen molar-refractivity contribution in [2.24, 2.45) is 11.7 Å². The SMILES string of the molecule is CCc1cccc(CNCC(C(N)Cc2cc(F)cc(F)c2)[C@@H]2CCOc3ccccc3O2)c1. The second-order valence-corrected chi connectivity index (χ2v) is 8.85. The number of ether oxygens (including phenoxy) is 2. The van der Waals surface area contributed by atoms with Gasteiger partial charge in [-0.25, -0.2) is 8.78 Å². The third kappa shape index (κ3) is 6.33. The molecule has 0 spiro atoms. The van der Waals surface area contributed by atoms with Gasteiger partial charge >= 0.3 is 0 Å². The van der Waals surface area contributed by atoms with Gasteiger partial charge in [0, 0.05) is 37.5 Å². The van der Waals surface area contributed by atoms with Crippen molar-refractivity contribution in [1.29, 1.82) is 0 Å². The Hall–Kier alpha value is -2.96. The van der Waals surface area contributed by atoms with Crippen LogP contribution in [0.5, 0.6) is 11.5 Å². The maximum Gasteiger partial charge on any atom is 0.161 e. The van der Waals surface area contributed by atoms with Crippen molar-refractivity contribution >= 4 is 0 Å². The summed E-state index contributed by atoms with van der Waals surface area (Å²) in [6.07, 6.45) is 1.79. The standard InChI is InChI=1S/C28H32F2N2O2/c1-2-19-6-5-7-20(12-19)17-32-18-24(25(31)15-21-13-22(29)16-23(30)14-21)26-10-11-33-27-8-3-4-9-28(27)34-26/h3-9,12-14,16,24-26,32H,2,10-11,15,17-18,31H2,1H3/t24?,25?,26-/m0/s1. The maximum absolute atomic E-state index is 13.8. The Bertz CT molecular complexity index is 1070. The molecule has 2 unspecified atom stereocenters. The summed E-state index contributed by atoms with van der Waals surface area (Å²) in [4.78, 5) is 0. The molecule has 3 aromatic carbocycles. The quantitative estimate of drug-likeness (QED) is 0.464. The van der Waals surface area contributed by atoms with Gasteiger partial charge < -0.3 is 20.5 Å². The van der Waals surface area contributed by atoms with Crippen LogP contribution in [0.4, 0.5) is 8.78 Å².